The summed E-state index contributed by atoms with van der Waals surface area (Å²) in [6, 6.07) is 15.9. The lowest BCUT2D eigenvalue weighted by Gasteiger charge is -2.59. The summed E-state index contributed by atoms with van der Waals surface area (Å²) >= 11 is 7.83. The van der Waals surface area contributed by atoms with Crippen LogP contribution in [-0.4, -0.2) is 69.6 Å². The first-order chi connectivity index (χ1) is 20.8. The van der Waals surface area contributed by atoms with Gasteiger partial charge < -0.3 is 19.6 Å². The second-order valence-corrected chi connectivity index (χ2v) is 14.9. The van der Waals surface area contributed by atoms with Gasteiger partial charge in [-0.2, -0.15) is 5.10 Å². The summed E-state index contributed by atoms with van der Waals surface area (Å²) in [5, 5.41) is 17.9. The first kappa shape index (κ1) is 29.2. The Bertz CT molecular complexity index is 1930. The van der Waals surface area contributed by atoms with E-state index in [1.165, 1.54) is 0 Å². The van der Waals surface area contributed by atoms with Crippen molar-refractivity contribution in [2.24, 2.45) is 12.5 Å². The maximum Gasteiger partial charge on any atom is 0.337 e. The highest BCUT2D eigenvalue weighted by atomic mass is 35.5. The van der Waals surface area contributed by atoms with Crippen molar-refractivity contribution in [3.05, 3.63) is 64.7 Å². The SMILES string of the molecule is Cc1cc2nc(-c3ccc4c(c3)c(N3CC5(CN(C)C5)C3)nn4C)sc2c(-c2ccc(Cl)cc2)c1[C@H](OC(C)(C)C)C(=O)O. The number of aromatic nitrogens is 3. The molecule has 7 rings (SSSR count). The Labute approximate surface area is 265 Å². The fourth-order valence-corrected chi connectivity index (χ4v) is 8.24. The highest BCUT2D eigenvalue weighted by Crippen LogP contribution is 2.46. The van der Waals surface area contributed by atoms with Crippen LogP contribution in [0.2, 0.25) is 5.02 Å². The number of benzene rings is 3. The van der Waals surface area contributed by atoms with Crippen LogP contribution in [0.25, 0.3) is 42.8 Å². The van der Waals surface area contributed by atoms with Crippen LogP contribution in [0.5, 0.6) is 0 Å². The Morgan fingerprint density at radius 2 is 1.73 bits per heavy atom. The van der Waals surface area contributed by atoms with Gasteiger partial charge in [-0.25, -0.2) is 9.78 Å². The second-order valence-electron chi connectivity index (χ2n) is 13.5. The molecule has 1 atom stereocenters. The van der Waals surface area contributed by atoms with Crippen molar-refractivity contribution in [1.29, 1.82) is 0 Å². The van der Waals surface area contributed by atoms with Gasteiger partial charge in [-0.15, -0.1) is 11.3 Å². The van der Waals surface area contributed by atoms with E-state index in [4.69, 9.17) is 26.4 Å². The normalized spacial score (nSPS) is 17.3. The number of rotatable bonds is 6. The molecule has 1 spiro atoms. The molecule has 5 aromatic rings. The Kier molecular flexibility index (Phi) is 6.82. The van der Waals surface area contributed by atoms with E-state index in [0.717, 1.165) is 80.4 Å². The summed E-state index contributed by atoms with van der Waals surface area (Å²) < 4.78 is 9.04. The molecule has 0 aliphatic carbocycles. The Morgan fingerprint density at radius 1 is 1.05 bits per heavy atom. The second kappa shape index (κ2) is 10.3. The van der Waals surface area contributed by atoms with E-state index in [2.05, 4.69) is 35.0 Å². The van der Waals surface area contributed by atoms with Crippen LogP contribution in [0, 0.1) is 12.3 Å². The Hall–Kier alpha value is -3.50. The van der Waals surface area contributed by atoms with E-state index < -0.39 is 17.7 Å². The molecule has 0 amide bonds. The summed E-state index contributed by atoms with van der Waals surface area (Å²) in [6.07, 6.45) is -1.15. The molecule has 1 N–H and O–H groups in total. The molecule has 0 bridgehead atoms. The molecule has 2 aliphatic heterocycles. The van der Waals surface area contributed by atoms with Crippen LogP contribution < -0.4 is 4.90 Å². The van der Waals surface area contributed by atoms with E-state index >= 15 is 0 Å². The van der Waals surface area contributed by atoms with Crippen LogP contribution in [0.1, 0.15) is 38.0 Å². The van der Waals surface area contributed by atoms with E-state index in [-0.39, 0.29) is 0 Å². The third-order valence-electron chi connectivity index (χ3n) is 8.66. The minimum atomic E-state index is -1.15. The smallest absolute Gasteiger partial charge is 0.337 e. The molecule has 0 saturated carbocycles. The summed E-state index contributed by atoms with van der Waals surface area (Å²) in [4.78, 5) is 22.6. The first-order valence-corrected chi connectivity index (χ1v) is 16.0. The van der Waals surface area contributed by atoms with E-state index in [9.17, 15) is 9.90 Å². The number of ether oxygens (including phenoxy) is 1. The fraction of sp³-hybridized carbons (Fsp3) is 0.382. The number of carbonyl (C=O) groups is 1. The van der Waals surface area contributed by atoms with Gasteiger partial charge >= 0.3 is 5.97 Å². The molecule has 0 radical (unpaired) electrons. The average molecular weight is 630 g/mol. The van der Waals surface area contributed by atoms with Crippen molar-refractivity contribution in [2.75, 3.05) is 38.1 Å². The van der Waals surface area contributed by atoms with Gasteiger partial charge in [0.25, 0.3) is 0 Å². The summed E-state index contributed by atoms with van der Waals surface area (Å²) in [5.41, 5.74) is 5.79. The third-order valence-corrected chi connectivity index (χ3v) is 10.0. The number of aliphatic carboxylic acids is 1. The van der Waals surface area contributed by atoms with Crippen molar-refractivity contribution < 1.29 is 14.6 Å². The Morgan fingerprint density at radius 3 is 2.36 bits per heavy atom. The van der Waals surface area contributed by atoms with Gasteiger partial charge in [-0.1, -0.05) is 23.7 Å². The molecule has 2 aromatic heterocycles. The number of halogens is 1. The first-order valence-electron chi connectivity index (χ1n) is 14.8. The molecule has 2 saturated heterocycles. The molecule has 44 heavy (non-hydrogen) atoms. The monoisotopic (exact) mass is 629 g/mol. The van der Waals surface area contributed by atoms with Gasteiger partial charge in [0.2, 0.25) is 0 Å². The highest BCUT2D eigenvalue weighted by molar-refractivity contribution is 7.22. The summed E-state index contributed by atoms with van der Waals surface area (Å²) in [6.45, 7) is 11.9. The van der Waals surface area contributed by atoms with E-state index in [1.807, 2.05) is 69.8 Å². The minimum absolute atomic E-state index is 0.404. The largest absolute Gasteiger partial charge is 0.479 e. The third kappa shape index (κ3) is 4.96. The average Bonchev–Trinajstić information content (AvgIpc) is 3.48. The van der Waals surface area contributed by atoms with Gasteiger partial charge in [0.15, 0.2) is 11.9 Å². The zero-order valence-electron chi connectivity index (χ0n) is 25.8. The van der Waals surface area contributed by atoms with E-state index in [0.29, 0.717) is 16.0 Å². The Balaban J connectivity index is 1.36. The minimum Gasteiger partial charge on any atom is -0.479 e. The van der Waals surface area contributed by atoms with Crippen molar-refractivity contribution in [1.82, 2.24) is 19.7 Å². The molecule has 2 fully saturated rings. The molecule has 228 valence electrons. The van der Waals surface area contributed by atoms with Crippen LogP contribution in [0.3, 0.4) is 0 Å². The predicted molar refractivity (Wildman–Crippen MR) is 178 cm³/mol. The molecular formula is C34H36ClN5O3S. The van der Waals surface area contributed by atoms with Gasteiger partial charge in [-0.05, 0) is 82.3 Å². The van der Waals surface area contributed by atoms with Crippen molar-refractivity contribution in [2.45, 2.75) is 39.4 Å². The number of aryl methyl sites for hydroxylation is 2. The highest BCUT2D eigenvalue weighted by Gasteiger charge is 2.51. The lowest BCUT2D eigenvalue weighted by atomic mass is 9.73. The van der Waals surface area contributed by atoms with Crippen molar-refractivity contribution in [3.63, 3.8) is 0 Å². The topological polar surface area (TPSA) is 83.7 Å². The number of likely N-dealkylation sites (tertiary alicyclic amines) is 1. The maximum absolute atomic E-state index is 12.7. The van der Waals surface area contributed by atoms with E-state index in [1.54, 1.807) is 11.3 Å². The summed E-state index contributed by atoms with van der Waals surface area (Å²) in [5.74, 6) is -0.00698. The standard InChI is InChI=1S/C34H36ClN5O3S/c1-19-13-24-29(27(20-7-10-22(35)11-8-20)26(19)28(32(41)42)43-33(2,3)4)44-31(36-24)21-9-12-25-23(14-21)30(37-39(25)6)40-17-34(18-40)15-38(5)16-34/h7-14,28H,15-18H2,1-6H3,(H,41,42)/t28-/m0/s1. The lowest BCUT2D eigenvalue weighted by molar-refractivity contribution is -0.160. The number of hydrogen-bond donors (Lipinski definition) is 1. The zero-order chi connectivity index (χ0) is 31.1. The van der Waals surface area contributed by atoms with Gasteiger partial charge in [0.05, 0.1) is 21.3 Å². The van der Waals surface area contributed by atoms with Gasteiger partial charge in [-0.3, -0.25) is 4.68 Å². The number of carboxylic acids is 1. The molecule has 10 heteroatoms. The van der Waals surface area contributed by atoms with Crippen LogP contribution in [0.15, 0.2) is 48.5 Å². The maximum atomic E-state index is 12.7. The number of thiazole rings is 1. The molecular weight excluding hydrogens is 594 g/mol. The molecule has 2 aliphatic rings. The zero-order valence-corrected chi connectivity index (χ0v) is 27.4. The van der Waals surface area contributed by atoms with Gasteiger partial charge in [0.1, 0.15) is 5.01 Å². The summed E-state index contributed by atoms with van der Waals surface area (Å²) in [7, 11) is 4.17. The van der Waals surface area contributed by atoms with Crippen molar-refractivity contribution in [3.8, 4) is 21.7 Å². The quantitative estimate of drug-likeness (QED) is 0.213. The van der Waals surface area contributed by atoms with Crippen LogP contribution >= 0.6 is 22.9 Å². The number of carboxylic acid groups (broad SMARTS) is 1. The number of fused-ring (bicyclic) bond motifs is 2. The number of nitrogens with zero attached hydrogens (tertiary/aromatic N) is 5. The molecule has 0 unspecified atom stereocenters. The number of hydrogen-bond acceptors (Lipinski definition) is 7. The molecule has 3 aromatic carbocycles. The van der Waals surface area contributed by atoms with Crippen LogP contribution in [-0.2, 0) is 16.6 Å². The van der Waals surface area contributed by atoms with Crippen molar-refractivity contribution >= 4 is 55.8 Å². The predicted octanol–water partition coefficient (Wildman–Crippen LogP) is 7.17. The number of anilines is 1. The fourth-order valence-electron chi connectivity index (χ4n) is 6.99. The van der Waals surface area contributed by atoms with Crippen LogP contribution in [0.4, 0.5) is 5.82 Å². The molecule has 8 nitrogen and oxygen atoms in total. The van der Waals surface area contributed by atoms with Gasteiger partial charge in [0, 0.05) is 65.7 Å². The molecule has 4 heterocycles. The lowest BCUT2D eigenvalue weighted by Crippen LogP contribution is -2.71.